The van der Waals surface area contributed by atoms with E-state index < -0.39 is 5.63 Å². The molecule has 0 fully saturated rings. The Bertz CT molecular complexity index is 984. The summed E-state index contributed by atoms with van der Waals surface area (Å²) in [6.07, 6.45) is 1.70. The minimum Gasteiger partial charge on any atom is -0.421 e. The molecule has 21 heavy (non-hydrogen) atoms. The second-order valence-electron chi connectivity index (χ2n) is 4.94. The quantitative estimate of drug-likeness (QED) is 0.528. The molecule has 0 spiro atoms. The highest BCUT2D eigenvalue weighted by Gasteiger charge is 2.12. The Morgan fingerprint density at radius 2 is 1.76 bits per heavy atom. The largest absolute Gasteiger partial charge is 0.421 e. The van der Waals surface area contributed by atoms with Crippen LogP contribution in [0.3, 0.4) is 0 Å². The van der Waals surface area contributed by atoms with Crippen LogP contribution < -0.4 is 5.63 Å². The molecular formula is C17H12N2O2. The molecule has 0 saturated heterocycles. The lowest BCUT2D eigenvalue weighted by molar-refractivity contribution is 0.568. The number of hydrogen-bond acceptors (Lipinski definition) is 3. The normalized spacial score (nSPS) is 11.2. The Kier molecular flexibility index (Phi) is 2.60. The van der Waals surface area contributed by atoms with Crippen LogP contribution in [-0.4, -0.2) is 9.55 Å². The van der Waals surface area contributed by atoms with E-state index in [9.17, 15) is 4.79 Å². The van der Waals surface area contributed by atoms with Gasteiger partial charge in [0, 0.05) is 11.9 Å². The van der Waals surface area contributed by atoms with Gasteiger partial charge in [-0.1, -0.05) is 42.5 Å². The van der Waals surface area contributed by atoms with Crippen molar-refractivity contribution in [2.45, 2.75) is 6.54 Å². The number of hydrogen-bond donors (Lipinski definition) is 0. The van der Waals surface area contributed by atoms with Crippen molar-refractivity contribution in [3.63, 3.8) is 0 Å². The number of benzene rings is 2. The predicted molar refractivity (Wildman–Crippen MR) is 81.3 cm³/mol. The first-order valence-electron chi connectivity index (χ1n) is 6.73. The highest BCUT2D eigenvalue weighted by atomic mass is 16.4. The van der Waals surface area contributed by atoms with E-state index in [2.05, 4.69) is 17.1 Å². The Balaban J connectivity index is 2.00. The Labute approximate surface area is 120 Å². The molecule has 0 aliphatic heterocycles. The number of para-hydroxylation sites is 1. The SMILES string of the molecule is O=c1oc2ccccc2c2c1ncn2Cc1ccccc1. The number of aromatic nitrogens is 2. The lowest BCUT2D eigenvalue weighted by Crippen LogP contribution is -2.03. The Hall–Kier alpha value is -2.88. The zero-order valence-corrected chi connectivity index (χ0v) is 11.2. The van der Waals surface area contributed by atoms with E-state index in [-0.39, 0.29) is 0 Å². The van der Waals surface area contributed by atoms with Crippen molar-refractivity contribution in [2.24, 2.45) is 0 Å². The predicted octanol–water partition coefficient (Wildman–Crippen LogP) is 3.19. The first-order chi connectivity index (χ1) is 10.3. The maximum absolute atomic E-state index is 12.0. The van der Waals surface area contributed by atoms with Crippen molar-refractivity contribution in [3.05, 3.63) is 76.9 Å². The molecule has 4 aromatic rings. The second-order valence-corrected chi connectivity index (χ2v) is 4.94. The van der Waals surface area contributed by atoms with E-state index in [4.69, 9.17) is 4.42 Å². The maximum atomic E-state index is 12.0. The summed E-state index contributed by atoms with van der Waals surface area (Å²) in [7, 11) is 0. The van der Waals surface area contributed by atoms with Crippen molar-refractivity contribution < 1.29 is 4.42 Å². The summed E-state index contributed by atoms with van der Waals surface area (Å²) in [5, 5.41) is 0.903. The molecule has 0 aliphatic rings. The molecule has 0 atom stereocenters. The smallest absolute Gasteiger partial charge is 0.364 e. The van der Waals surface area contributed by atoms with E-state index >= 15 is 0 Å². The summed E-state index contributed by atoms with van der Waals surface area (Å²) < 4.78 is 7.30. The van der Waals surface area contributed by atoms with Gasteiger partial charge in [0.2, 0.25) is 0 Å². The molecule has 0 unspecified atom stereocenters. The van der Waals surface area contributed by atoms with E-state index in [0.717, 1.165) is 16.5 Å². The molecule has 0 amide bonds. The van der Waals surface area contributed by atoms with Gasteiger partial charge in [-0.05, 0) is 17.7 Å². The van der Waals surface area contributed by atoms with E-state index in [1.165, 1.54) is 0 Å². The van der Waals surface area contributed by atoms with Crippen LogP contribution in [0, 0.1) is 0 Å². The van der Waals surface area contributed by atoms with Gasteiger partial charge >= 0.3 is 5.63 Å². The van der Waals surface area contributed by atoms with Gasteiger partial charge in [0.25, 0.3) is 0 Å². The minimum absolute atomic E-state index is 0.379. The van der Waals surface area contributed by atoms with E-state index in [1.807, 2.05) is 41.0 Å². The van der Waals surface area contributed by atoms with Gasteiger partial charge in [-0.25, -0.2) is 9.78 Å². The topological polar surface area (TPSA) is 48.0 Å². The molecule has 0 aliphatic carbocycles. The number of rotatable bonds is 2. The average Bonchev–Trinajstić information content (AvgIpc) is 2.93. The minimum atomic E-state index is -0.393. The second kappa shape index (κ2) is 4.59. The highest BCUT2D eigenvalue weighted by Crippen LogP contribution is 2.22. The molecule has 4 heteroatoms. The monoisotopic (exact) mass is 276 g/mol. The molecule has 0 radical (unpaired) electrons. The lowest BCUT2D eigenvalue weighted by atomic mass is 10.2. The van der Waals surface area contributed by atoms with Crippen LogP contribution >= 0.6 is 0 Å². The molecule has 2 aromatic heterocycles. The van der Waals surface area contributed by atoms with Gasteiger partial charge in [0.15, 0.2) is 5.52 Å². The van der Waals surface area contributed by atoms with Crippen LogP contribution in [0.5, 0.6) is 0 Å². The van der Waals surface area contributed by atoms with E-state index in [1.54, 1.807) is 12.4 Å². The first-order valence-corrected chi connectivity index (χ1v) is 6.73. The molecule has 102 valence electrons. The van der Waals surface area contributed by atoms with E-state index in [0.29, 0.717) is 17.6 Å². The van der Waals surface area contributed by atoms with Crippen LogP contribution in [0.1, 0.15) is 5.56 Å². The van der Waals surface area contributed by atoms with Gasteiger partial charge in [0.1, 0.15) is 5.58 Å². The fourth-order valence-electron chi connectivity index (χ4n) is 2.61. The van der Waals surface area contributed by atoms with Gasteiger partial charge in [-0.3, -0.25) is 0 Å². The zero-order valence-electron chi connectivity index (χ0n) is 11.2. The van der Waals surface area contributed by atoms with Crippen LogP contribution in [0.2, 0.25) is 0 Å². The summed E-state index contributed by atoms with van der Waals surface area (Å²) in [5.74, 6) is 0. The van der Waals surface area contributed by atoms with Crippen LogP contribution in [-0.2, 0) is 6.54 Å². The number of nitrogens with zero attached hydrogens (tertiary/aromatic N) is 2. The van der Waals surface area contributed by atoms with Crippen molar-refractivity contribution in [1.82, 2.24) is 9.55 Å². The Morgan fingerprint density at radius 3 is 2.62 bits per heavy atom. The number of fused-ring (bicyclic) bond motifs is 3. The lowest BCUT2D eigenvalue weighted by Gasteiger charge is -2.06. The third kappa shape index (κ3) is 1.92. The molecule has 4 rings (SSSR count). The summed E-state index contributed by atoms with van der Waals surface area (Å²) in [4.78, 5) is 16.2. The average molecular weight is 276 g/mol. The van der Waals surface area contributed by atoms with Crippen LogP contribution in [0.4, 0.5) is 0 Å². The fraction of sp³-hybridized carbons (Fsp3) is 0.0588. The zero-order chi connectivity index (χ0) is 14.2. The van der Waals surface area contributed by atoms with Crippen molar-refractivity contribution in [2.75, 3.05) is 0 Å². The molecule has 4 nitrogen and oxygen atoms in total. The van der Waals surface area contributed by atoms with Gasteiger partial charge in [0.05, 0.1) is 11.8 Å². The van der Waals surface area contributed by atoms with Crippen molar-refractivity contribution in [1.29, 1.82) is 0 Å². The summed E-state index contributed by atoms with van der Waals surface area (Å²) >= 11 is 0. The summed E-state index contributed by atoms with van der Waals surface area (Å²) in [5.41, 5.74) is 2.56. The van der Waals surface area contributed by atoms with Gasteiger partial charge in [-0.15, -0.1) is 0 Å². The van der Waals surface area contributed by atoms with Gasteiger partial charge in [-0.2, -0.15) is 0 Å². The molecule has 0 N–H and O–H groups in total. The third-order valence-electron chi connectivity index (χ3n) is 3.57. The number of imidazole rings is 1. The third-order valence-corrected chi connectivity index (χ3v) is 3.57. The van der Waals surface area contributed by atoms with Crippen LogP contribution in [0.25, 0.3) is 22.0 Å². The molecule has 2 aromatic carbocycles. The molecular weight excluding hydrogens is 264 g/mol. The maximum Gasteiger partial charge on any atom is 0.364 e. The molecule has 0 saturated carbocycles. The first kappa shape index (κ1) is 11.9. The summed E-state index contributed by atoms with van der Waals surface area (Å²) in [6.45, 7) is 0.671. The van der Waals surface area contributed by atoms with Gasteiger partial charge < -0.3 is 8.98 Å². The summed E-state index contributed by atoms with van der Waals surface area (Å²) in [6, 6.07) is 17.6. The van der Waals surface area contributed by atoms with Crippen molar-refractivity contribution >= 4 is 22.0 Å². The molecule has 0 bridgehead atoms. The standard InChI is InChI=1S/C17H12N2O2/c20-17-15-16(13-8-4-5-9-14(13)21-17)19(11-18-15)10-12-6-2-1-3-7-12/h1-9,11H,10H2. The van der Waals surface area contributed by atoms with Crippen molar-refractivity contribution in [3.8, 4) is 0 Å². The Morgan fingerprint density at radius 1 is 1.00 bits per heavy atom. The van der Waals surface area contributed by atoms with Crippen LogP contribution in [0.15, 0.2) is 70.1 Å². The molecule has 2 heterocycles. The fourth-order valence-corrected chi connectivity index (χ4v) is 2.61. The highest BCUT2D eigenvalue weighted by molar-refractivity contribution is 6.00.